The van der Waals surface area contributed by atoms with Crippen LogP contribution in [0, 0.1) is 5.92 Å². The van der Waals surface area contributed by atoms with Gasteiger partial charge in [-0.15, -0.1) is 0 Å². The lowest BCUT2D eigenvalue weighted by molar-refractivity contribution is -0.377. The Morgan fingerprint density at radius 2 is 1.71 bits per heavy atom. The minimum Gasteiger partial charge on any atom is -0.495 e. The van der Waals surface area contributed by atoms with Gasteiger partial charge in [0.05, 0.1) is 36.1 Å². The summed E-state index contributed by atoms with van der Waals surface area (Å²) in [5, 5.41) is 0.447. The number of piperidine rings is 3. The van der Waals surface area contributed by atoms with Gasteiger partial charge in [0.25, 0.3) is 0 Å². The van der Waals surface area contributed by atoms with E-state index in [1.807, 2.05) is 0 Å². The average molecular weight is 761 g/mol. The third-order valence-electron chi connectivity index (χ3n) is 9.28. The number of aromatic nitrogens is 1. The molecule has 7 rings (SSSR count). The molecule has 2 bridgehead atoms. The molecule has 3 fully saturated rings. The number of H-pyrrole nitrogens is 1. The normalized spacial score (nSPS) is 19.5. The molecule has 0 saturated carbocycles. The summed E-state index contributed by atoms with van der Waals surface area (Å²) in [5.41, 5.74) is 1.90. The van der Waals surface area contributed by atoms with E-state index in [4.69, 9.17) is 46.3 Å². The van der Waals surface area contributed by atoms with Crippen molar-refractivity contribution in [1.82, 2.24) is 4.90 Å². The van der Waals surface area contributed by atoms with E-state index in [1.54, 1.807) is 36.4 Å². The molecule has 1 amide bonds. The molecule has 52 heavy (non-hydrogen) atoms. The van der Waals surface area contributed by atoms with Crippen LogP contribution in [0.15, 0.2) is 79.1 Å². The van der Waals surface area contributed by atoms with E-state index in [0.29, 0.717) is 35.0 Å². The molecule has 14 heteroatoms. The van der Waals surface area contributed by atoms with Gasteiger partial charge in [0.1, 0.15) is 28.0 Å². The van der Waals surface area contributed by atoms with Crippen LogP contribution in [-0.2, 0) is 22.4 Å². The zero-order chi connectivity index (χ0) is 39.3. The predicted molar refractivity (Wildman–Crippen MR) is 190 cm³/mol. The maximum Gasteiger partial charge on any atom is 0.415 e. The number of fused-ring (bicyclic) bond motifs is 3. The molecule has 0 aliphatic carbocycles. The summed E-state index contributed by atoms with van der Waals surface area (Å²) >= 11 is 12.9. The molecule has 3 aliphatic rings. The van der Waals surface area contributed by atoms with Crippen molar-refractivity contribution >= 4 is 41.0 Å². The first-order valence-corrected chi connectivity index (χ1v) is 17.3. The highest BCUT2D eigenvalue weighted by atomic mass is 35.5. The molecule has 4 aromatic rings. The second-order valence-electron chi connectivity index (χ2n) is 12.4. The molecule has 0 radical (unpaired) electrons. The van der Waals surface area contributed by atoms with Crippen molar-refractivity contribution in [2.75, 3.05) is 38.7 Å². The molecule has 0 spiro atoms. The maximum atomic E-state index is 13.8. The number of aromatic amines is 1. The average Bonchev–Trinajstić information content (AvgIpc) is 3.15. The van der Waals surface area contributed by atoms with Gasteiger partial charge >= 0.3 is 18.7 Å². The van der Waals surface area contributed by atoms with Crippen LogP contribution in [0.5, 0.6) is 17.2 Å². The van der Waals surface area contributed by atoms with Crippen LogP contribution in [0.1, 0.15) is 50.1 Å². The van der Waals surface area contributed by atoms with E-state index in [9.17, 15) is 18.4 Å². The van der Waals surface area contributed by atoms with E-state index >= 15 is 0 Å². The molecular weight excluding hydrogens is 719 g/mol. The highest BCUT2D eigenvalue weighted by Crippen LogP contribution is 2.37. The van der Waals surface area contributed by atoms with E-state index < -0.39 is 43.3 Å². The number of anilines is 1. The van der Waals surface area contributed by atoms with Gasteiger partial charge in [-0.25, -0.2) is 14.6 Å². The second kappa shape index (κ2) is 16.8. The van der Waals surface area contributed by atoms with Crippen LogP contribution in [0.4, 0.5) is 19.3 Å². The number of nitrogens with zero attached hydrogens (tertiary/aromatic N) is 2. The van der Waals surface area contributed by atoms with Gasteiger partial charge in [-0.05, 0) is 79.4 Å². The number of nitrogens with one attached hydrogen (secondary N) is 1. The Morgan fingerprint density at radius 3 is 2.37 bits per heavy atom. The third kappa shape index (κ3) is 8.68. The number of amides is 1. The molecule has 3 aromatic carbocycles. The summed E-state index contributed by atoms with van der Waals surface area (Å²) in [5.74, 6) is -1.04. The van der Waals surface area contributed by atoms with Gasteiger partial charge in [-0.3, -0.25) is 9.80 Å². The van der Waals surface area contributed by atoms with Gasteiger partial charge in [-0.2, -0.15) is 8.78 Å². The van der Waals surface area contributed by atoms with Gasteiger partial charge in [0, 0.05) is 18.5 Å². The minimum atomic E-state index is -3.27. The number of carbonyl (C=O) groups is 2. The molecule has 2 atom stereocenters. The van der Waals surface area contributed by atoms with Crippen molar-refractivity contribution in [1.29, 1.82) is 0 Å². The van der Waals surface area contributed by atoms with Gasteiger partial charge in [0.2, 0.25) is 0 Å². The summed E-state index contributed by atoms with van der Waals surface area (Å²) in [6.45, 7) is -0.479. The Kier molecular flexibility index (Phi) is 10.7. The van der Waals surface area contributed by atoms with Crippen molar-refractivity contribution in [2.24, 2.45) is 5.92 Å². The van der Waals surface area contributed by atoms with E-state index in [2.05, 4.69) is 14.6 Å². The summed E-state index contributed by atoms with van der Waals surface area (Å²) < 4.78 is 76.0. The lowest BCUT2D eigenvalue weighted by atomic mass is 9.86. The van der Waals surface area contributed by atoms with Gasteiger partial charge < -0.3 is 23.7 Å². The Bertz CT molecular complexity index is 1970. The number of halogens is 4. The predicted octanol–water partition coefficient (Wildman–Crippen LogP) is 7.80. The first-order valence-electron chi connectivity index (χ1n) is 18.0. The fourth-order valence-corrected chi connectivity index (χ4v) is 7.08. The molecule has 0 unspecified atom stereocenters. The molecule has 10 nitrogen and oxygen atoms in total. The Morgan fingerprint density at radius 1 is 0.981 bits per heavy atom. The van der Waals surface area contributed by atoms with Crippen molar-refractivity contribution in [3.8, 4) is 17.2 Å². The third-order valence-corrected chi connectivity index (χ3v) is 9.95. The summed E-state index contributed by atoms with van der Waals surface area (Å²) in [4.78, 5) is 34.1. The fourth-order valence-electron chi connectivity index (χ4n) is 6.55. The van der Waals surface area contributed by atoms with E-state index in [-0.39, 0.29) is 40.2 Å². The lowest BCUT2D eigenvalue weighted by Gasteiger charge is -2.44. The molecule has 3 aliphatic heterocycles. The molecular formula is C38H38Cl2F2N3O7+. The van der Waals surface area contributed by atoms with Crippen LogP contribution in [0.25, 0.3) is 0 Å². The molecule has 274 valence electrons. The summed E-state index contributed by atoms with van der Waals surface area (Å²) in [6, 6.07) is 17.1. The van der Waals surface area contributed by atoms with Crippen molar-refractivity contribution in [3.05, 3.63) is 111 Å². The number of methoxy groups -OCH3 is 2. The molecule has 4 heterocycles. The summed E-state index contributed by atoms with van der Waals surface area (Å²) in [6.07, 6.45) is 2.92. The number of para-hydroxylation sites is 2. The van der Waals surface area contributed by atoms with Gasteiger partial charge in [-0.1, -0.05) is 53.5 Å². The number of alkyl halides is 2. The second-order valence-corrected chi connectivity index (χ2v) is 13.2. The standard InChI is InChI=1S/C38H37Cl2F2N3O7/c1-48-31-6-4-3-5-30(31)45(38(47)52-35-22-44-15-13-24(35)14-16-44)21-23-7-9-25(10-8-23)36(46)50-33(18-27-28(39)19-43-20-29(27)40)26-11-12-32(51-37(41)42)34(17-26)49-2/h3-12,17,19-20,24,33,35,37H,13-16,18,21-22H2,1-2H3/p+1/t33-,35-/m0/s1/i2D3. The Labute approximate surface area is 314 Å². The monoisotopic (exact) mass is 759 g/mol. The number of esters is 1. The number of ether oxygens (including phenoxy) is 5. The van der Waals surface area contributed by atoms with Crippen LogP contribution < -0.4 is 24.1 Å². The number of rotatable bonds is 13. The van der Waals surface area contributed by atoms with Crippen LogP contribution in [0.3, 0.4) is 0 Å². The number of hydrogen-bond donors (Lipinski definition) is 0. The van der Waals surface area contributed by atoms with E-state index in [0.717, 1.165) is 38.1 Å². The highest BCUT2D eigenvalue weighted by Gasteiger charge is 2.38. The number of carbonyl (C=O) groups excluding carboxylic acids is 2. The number of benzene rings is 3. The quantitative estimate of drug-likeness (QED) is 0.127. The minimum absolute atomic E-state index is 0.0893. The highest BCUT2D eigenvalue weighted by molar-refractivity contribution is 6.35. The number of pyridine rings is 1. The Hall–Kier alpha value is -4.65. The summed E-state index contributed by atoms with van der Waals surface area (Å²) in [7, 11) is -1.49. The number of hydrogen-bond acceptors (Lipinski definition) is 8. The van der Waals surface area contributed by atoms with Gasteiger partial charge in [0.15, 0.2) is 23.9 Å². The maximum absolute atomic E-state index is 13.8. The van der Waals surface area contributed by atoms with Crippen LogP contribution in [0.2, 0.25) is 10.0 Å². The first kappa shape index (κ1) is 33.2. The molecule has 1 N–H and O–H groups in total. The van der Waals surface area contributed by atoms with Crippen molar-refractivity contribution in [2.45, 2.75) is 44.6 Å². The lowest BCUT2D eigenvalue weighted by Crippen LogP contribution is -2.53. The SMILES string of the molecule is [2H]C([2H])([2H])Oc1cc([C@H](Cc2c(Cl)c[nH+]cc2Cl)OC(=O)c2ccc(CN(C(=O)O[C@H]3CN4CCC3CC4)c3ccccc3OC)cc2)ccc1OC(F)F. The van der Waals surface area contributed by atoms with E-state index in [1.165, 1.54) is 42.6 Å². The van der Waals surface area contributed by atoms with Crippen molar-refractivity contribution < 1.29 is 51.2 Å². The molecule has 1 aromatic heterocycles. The first-order chi connectivity index (χ1) is 26.3. The van der Waals surface area contributed by atoms with Crippen molar-refractivity contribution in [3.63, 3.8) is 0 Å². The zero-order valence-corrected chi connectivity index (χ0v) is 29.5. The molecule has 3 saturated heterocycles. The fraction of sp³-hybridized carbons (Fsp3) is 0.342. The largest absolute Gasteiger partial charge is 0.495 e. The van der Waals surface area contributed by atoms with Crippen LogP contribution in [-0.4, -0.2) is 63.5 Å². The Balaban J connectivity index is 1.25. The zero-order valence-electron chi connectivity index (χ0n) is 31.0. The van der Waals surface area contributed by atoms with Crippen LogP contribution >= 0.6 is 23.2 Å². The smallest absolute Gasteiger partial charge is 0.415 e. The topological polar surface area (TPSA) is 101 Å².